The molecule has 1 aliphatic rings. The Bertz CT molecular complexity index is 134. The molecule has 2 nitrogen and oxygen atoms in total. The molecule has 0 saturated carbocycles. The third kappa shape index (κ3) is 4.10. The Morgan fingerprint density at radius 2 is 2.23 bits per heavy atom. The van der Waals surface area contributed by atoms with Gasteiger partial charge in [0, 0.05) is 12.6 Å². The highest BCUT2D eigenvalue weighted by molar-refractivity contribution is 4.77. The molecule has 78 valence electrons. The first kappa shape index (κ1) is 11.0. The molecule has 0 spiro atoms. The van der Waals surface area contributed by atoms with Gasteiger partial charge in [0.25, 0.3) is 0 Å². The molecule has 13 heavy (non-hydrogen) atoms. The average Bonchev–Trinajstić information content (AvgIpc) is 2.15. The van der Waals surface area contributed by atoms with E-state index >= 15 is 0 Å². The zero-order valence-electron chi connectivity index (χ0n) is 9.34. The number of rotatable bonds is 4. The predicted octanol–water partition coefficient (Wildman–Crippen LogP) is 1.72. The molecule has 0 aromatic carbocycles. The average molecular weight is 184 g/mol. The zero-order valence-corrected chi connectivity index (χ0v) is 9.34. The molecule has 0 bridgehead atoms. The van der Waals surface area contributed by atoms with Gasteiger partial charge in [-0.2, -0.15) is 0 Å². The Hall–Kier alpha value is -0.0800. The van der Waals surface area contributed by atoms with Gasteiger partial charge < -0.3 is 10.2 Å². The molecule has 0 aromatic heterocycles. The second-order valence-corrected chi connectivity index (χ2v) is 4.53. The van der Waals surface area contributed by atoms with Crippen molar-refractivity contribution < 1.29 is 0 Å². The van der Waals surface area contributed by atoms with Crippen LogP contribution < -0.4 is 5.32 Å². The van der Waals surface area contributed by atoms with Crippen molar-refractivity contribution in [2.75, 3.05) is 26.2 Å². The number of hydrogen-bond donors (Lipinski definition) is 1. The molecule has 1 rings (SSSR count). The molecule has 0 amide bonds. The summed E-state index contributed by atoms with van der Waals surface area (Å²) in [6, 6.07) is 0.746. The van der Waals surface area contributed by atoms with Gasteiger partial charge in [-0.25, -0.2) is 0 Å². The fourth-order valence-electron chi connectivity index (χ4n) is 1.91. The normalized spacial score (nSPS) is 25.4. The lowest BCUT2D eigenvalue weighted by Crippen LogP contribution is -2.46. The number of nitrogens with one attached hydrogen (secondary N) is 1. The SMILES string of the molecule is CCN1CCCC(NCC(C)C)C1. The summed E-state index contributed by atoms with van der Waals surface area (Å²) in [6.45, 7) is 11.7. The highest BCUT2D eigenvalue weighted by Crippen LogP contribution is 2.09. The zero-order chi connectivity index (χ0) is 9.68. The molecule has 1 unspecified atom stereocenters. The third-order valence-electron chi connectivity index (χ3n) is 2.77. The van der Waals surface area contributed by atoms with E-state index in [0.717, 1.165) is 12.0 Å². The maximum Gasteiger partial charge on any atom is 0.0195 e. The van der Waals surface area contributed by atoms with Gasteiger partial charge in [-0.15, -0.1) is 0 Å². The largest absolute Gasteiger partial charge is 0.312 e. The van der Waals surface area contributed by atoms with Crippen LogP contribution in [-0.2, 0) is 0 Å². The lowest BCUT2D eigenvalue weighted by molar-refractivity contribution is 0.196. The van der Waals surface area contributed by atoms with E-state index in [1.807, 2.05) is 0 Å². The monoisotopic (exact) mass is 184 g/mol. The van der Waals surface area contributed by atoms with Crippen LogP contribution in [0.2, 0.25) is 0 Å². The van der Waals surface area contributed by atoms with E-state index < -0.39 is 0 Å². The van der Waals surface area contributed by atoms with Crippen molar-refractivity contribution in [3.05, 3.63) is 0 Å². The molecule has 1 atom stereocenters. The van der Waals surface area contributed by atoms with E-state index in [1.54, 1.807) is 0 Å². The van der Waals surface area contributed by atoms with Crippen LogP contribution in [0.4, 0.5) is 0 Å². The second kappa shape index (κ2) is 5.61. The van der Waals surface area contributed by atoms with Gasteiger partial charge in [0.15, 0.2) is 0 Å². The van der Waals surface area contributed by atoms with Crippen LogP contribution in [0.5, 0.6) is 0 Å². The predicted molar refractivity (Wildman–Crippen MR) is 58.0 cm³/mol. The smallest absolute Gasteiger partial charge is 0.0195 e. The highest BCUT2D eigenvalue weighted by atomic mass is 15.2. The number of hydrogen-bond acceptors (Lipinski definition) is 2. The van der Waals surface area contributed by atoms with E-state index in [-0.39, 0.29) is 0 Å². The standard InChI is InChI=1S/C11H24N2/c1-4-13-7-5-6-11(9-13)12-8-10(2)3/h10-12H,4-9H2,1-3H3. The maximum atomic E-state index is 3.64. The Labute approximate surface area is 82.7 Å². The van der Waals surface area contributed by atoms with E-state index in [1.165, 1.54) is 39.0 Å². The van der Waals surface area contributed by atoms with Crippen LogP contribution in [0, 0.1) is 5.92 Å². The highest BCUT2D eigenvalue weighted by Gasteiger charge is 2.17. The Morgan fingerprint density at radius 3 is 2.85 bits per heavy atom. The number of piperidine rings is 1. The summed E-state index contributed by atoms with van der Waals surface area (Å²) in [5.41, 5.74) is 0. The minimum Gasteiger partial charge on any atom is -0.312 e. The van der Waals surface area contributed by atoms with E-state index in [2.05, 4.69) is 31.0 Å². The summed E-state index contributed by atoms with van der Waals surface area (Å²) in [4.78, 5) is 2.54. The molecule has 0 aliphatic carbocycles. The van der Waals surface area contributed by atoms with Gasteiger partial charge in [0.1, 0.15) is 0 Å². The van der Waals surface area contributed by atoms with Crippen molar-refractivity contribution in [1.82, 2.24) is 10.2 Å². The van der Waals surface area contributed by atoms with Gasteiger partial charge >= 0.3 is 0 Å². The molecule has 1 heterocycles. The Morgan fingerprint density at radius 1 is 1.46 bits per heavy atom. The van der Waals surface area contributed by atoms with Crippen LogP contribution in [-0.4, -0.2) is 37.1 Å². The fraction of sp³-hybridized carbons (Fsp3) is 1.00. The molecule has 1 saturated heterocycles. The summed E-state index contributed by atoms with van der Waals surface area (Å²) in [5, 5.41) is 3.64. The summed E-state index contributed by atoms with van der Waals surface area (Å²) in [5.74, 6) is 0.775. The van der Waals surface area contributed by atoms with E-state index in [4.69, 9.17) is 0 Å². The lowest BCUT2D eigenvalue weighted by Gasteiger charge is -2.32. The third-order valence-corrected chi connectivity index (χ3v) is 2.77. The van der Waals surface area contributed by atoms with Crippen LogP contribution >= 0.6 is 0 Å². The van der Waals surface area contributed by atoms with Crippen molar-refractivity contribution in [2.24, 2.45) is 5.92 Å². The summed E-state index contributed by atoms with van der Waals surface area (Å²) in [6.07, 6.45) is 2.73. The van der Waals surface area contributed by atoms with E-state index in [9.17, 15) is 0 Å². The quantitative estimate of drug-likeness (QED) is 0.715. The summed E-state index contributed by atoms with van der Waals surface area (Å²) >= 11 is 0. The number of nitrogens with zero attached hydrogens (tertiary/aromatic N) is 1. The maximum absolute atomic E-state index is 3.64. The van der Waals surface area contributed by atoms with Crippen molar-refractivity contribution in [3.8, 4) is 0 Å². The number of likely N-dealkylation sites (tertiary alicyclic amines) is 1. The van der Waals surface area contributed by atoms with Crippen molar-refractivity contribution in [3.63, 3.8) is 0 Å². The minimum absolute atomic E-state index is 0.746. The summed E-state index contributed by atoms with van der Waals surface area (Å²) in [7, 11) is 0. The van der Waals surface area contributed by atoms with Crippen LogP contribution in [0.25, 0.3) is 0 Å². The van der Waals surface area contributed by atoms with Gasteiger partial charge in [-0.3, -0.25) is 0 Å². The first-order valence-corrected chi connectivity index (χ1v) is 5.68. The second-order valence-electron chi connectivity index (χ2n) is 4.53. The summed E-state index contributed by atoms with van der Waals surface area (Å²) < 4.78 is 0. The van der Waals surface area contributed by atoms with Crippen molar-refractivity contribution >= 4 is 0 Å². The van der Waals surface area contributed by atoms with Gasteiger partial charge in [0.2, 0.25) is 0 Å². The number of likely N-dealkylation sites (N-methyl/N-ethyl adjacent to an activating group) is 1. The van der Waals surface area contributed by atoms with Crippen molar-refractivity contribution in [1.29, 1.82) is 0 Å². The van der Waals surface area contributed by atoms with Crippen LogP contribution in [0.1, 0.15) is 33.6 Å². The molecule has 1 N–H and O–H groups in total. The van der Waals surface area contributed by atoms with E-state index in [0.29, 0.717) is 0 Å². The molecule has 1 aliphatic heterocycles. The topological polar surface area (TPSA) is 15.3 Å². The Kier molecular flexibility index (Phi) is 4.74. The molecular formula is C11H24N2. The molecule has 0 radical (unpaired) electrons. The molecular weight excluding hydrogens is 160 g/mol. The van der Waals surface area contributed by atoms with Gasteiger partial charge in [0.05, 0.1) is 0 Å². The van der Waals surface area contributed by atoms with Crippen LogP contribution in [0.3, 0.4) is 0 Å². The molecule has 2 heteroatoms. The van der Waals surface area contributed by atoms with Crippen LogP contribution in [0.15, 0.2) is 0 Å². The molecule has 1 fully saturated rings. The first-order valence-electron chi connectivity index (χ1n) is 5.68. The molecule has 0 aromatic rings. The minimum atomic E-state index is 0.746. The lowest BCUT2D eigenvalue weighted by atomic mass is 10.1. The van der Waals surface area contributed by atoms with Gasteiger partial charge in [-0.1, -0.05) is 20.8 Å². The van der Waals surface area contributed by atoms with Gasteiger partial charge in [-0.05, 0) is 38.4 Å². The van der Waals surface area contributed by atoms with Crippen molar-refractivity contribution in [2.45, 2.75) is 39.7 Å². The Balaban J connectivity index is 2.18. The first-order chi connectivity index (χ1) is 6.22. The fourth-order valence-corrected chi connectivity index (χ4v) is 1.91.